The van der Waals surface area contributed by atoms with Crippen LogP contribution in [0.2, 0.25) is 0 Å². The average Bonchev–Trinajstić information content (AvgIpc) is 2.67. The van der Waals surface area contributed by atoms with Crippen LogP contribution in [0.25, 0.3) is 0 Å². The lowest BCUT2D eigenvalue weighted by Gasteiger charge is -2.15. The number of carbonyl (C=O) groups excluding carboxylic acids is 1. The highest BCUT2D eigenvalue weighted by Crippen LogP contribution is 2.28. The molecule has 0 fully saturated rings. The zero-order valence-electron chi connectivity index (χ0n) is 16.0. The van der Waals surface area contributed by atoms with Crippen molar-refractivity contribution in [3.63, 3.8) is 0 Å². The van der Waals surface area contributed by atoms with Gasteiger partial charge in [-0.25, -0.2) is 0 Å². The Morgan fingerprint density at radius 1 is 1.04 bits per heavy atom. The van der Waals surface area contributed by atoms with Crippen molar-refractivity contribution in [1.82, 2.24) is 0 Å². The van der Waals surface area contributed by atoms with Crippen molar-refractivity contribution in [3.8, 4) is 11.5 Å². The molecule has 2 aromatic carbocycles. The Morgan fingerprint density at radius 2 is 1.77 bits per heavy atom. The summed E-state index contributed by atoms with van der Waals surface area (Å²) in [6.07, 6.45) is 3.17. The van der Waals surface area contributed by atoms with Gasteiger partial charge in [0.2, 0.25) is 0 Å². The Labute approximate surface area is 156 Å². The molecule has 0 aliphatic rings. The summed E-state index contributed by atoms with van der Waals surface area (Å²) >= 11 is 0. The number of carbonyl (C=O) groups is 1. The third-order valence-electron chi connectivity index (χ3n) is 4.33. The molecule has 1 N–H and O–H groups in total. The van der Waals surface area contributed by atoms with Crippen molar-refractivity contribution in [1.29, 1.82) is 0 Å². The Morgan fingerprint density at radius 3 is 2.46 bits per heavy atom. The van der Waals surface area contributed by atoms with Crippen molar-refractivity contribution in [3.05, 3.63) is 54.1 Å². The van der Waals surface area contributed by atoms with Gasteiger partial charge in [0.25, 0.3) is 5.91 Å². The predicted molar refractivity (Wildman–Crippen MR) is 106 cm³/mol. The van der Waals surface area contributed by atoms with Crippen LogP contribution in [0.5, 0.6) is 11.5 Å². The summed E-state index contributed by atoms with van der Waals surface area (Å²) in [7, 11) is 0. The molecular formula is C22H29NO3. The normalized spacial score (nSPS) is 11.7. The van der Waals surface area contributed by atoms with Crippen molar-refractivity contribution < 1.29 is 14.3 Å². The summed E-state index contributed by atoms with van der Waals surface area (Å²) in [5.41, 5.74) is 1.87. The van der Waals surface area contributed by atoms with Gasteiger partial charge in [0.05, 0.1) is 6.61 Å². The molecule has 4 nitrogen and oxygen atoms in total. The number of ether oxygens (including phenoxy) is 2. The third-order valence-corrected chi connectivity index (χ3v) is 4.33. The van der Waals surface area contributed by atoms with Crippen molar-refractivity contribution in [2.24, 2.45) is 0 Å². The highest BCUT2D eigenvalue weighted by atomic mass is 16.5. The number of para-hydroxylation sites is 1. The quantitative estimate of drug-likeness (QED) is 0.581. The lowest BCUT2D eigenvalue weighted by atomic mass is 9.98. The number of unbranched alkanes of at least 4 members (excludes halogenated alkanes) is 1. The van der Waals surface area contributed by atoms with E-state index in [1.165, 1.54) is 0 Å². The van der Waals surface area contributed by atoms with Crippen molar-refractivity contribution in [2.45, 2.75) is 46.0 Å². The smallest absolute Gasteiger partial charge is 0.262 e. The average molecular weight is 355 g/mol. The standard InChI is InChI=1S/C22H29NO3/c1-4-6-15-25-19-13-11-18(12-14-19)23-22(24)16-26-21-10-8-7-9-20(21)17(3)5-2/h7-14,17H,4-6,15-16H2,1-3H3,(H,23,24)/t17-/m0/s1. The van der Waals surface area contributed by atoms with Gasteiger partial charge < -0.3 is 14.8 Å². The van der Waals surface area contributed by atoms with E-state index in [9.17, 15) is 4.79 Å². The topological polar surface area (TPSA) is 47.6 Å². The number of hydrogen-bond acceptors (Lipinski definition) is 3. The third kappa shape index (κ3) is 6.10. The van der Waals surface area contributed by atoms with Crippen LogP contribution in [0.1, 0.15) is 51.5 Å². The van der Waals surface area contributed by atoms with E-state index in [0.717, 1.165) is 42.0 Å². The molecule has 1 atom stereocenters. The summed E-state index contributed by atoms with van der Waals surface area (Å²) in [6, 6.07) is 15.3. The molecule has 0 aliphatic heterocycles. The molecule has 4 heteroatoms. The van der Waals surface area contributed by atoms with Gasteiger partial charge in [-0.3, -0.25) is 4.79 Å². The first-order valence-electron chi connectivity index (χ1n) is 9.38. The van der Waals surface area contributed by atoms with Gasteiger partial charge in [0.15, 0.2) is 6.61 Å². The molecule has 0 aromatic heterocycles. The maximum atomic E-state index is 12.2. The predicted octanol–water partition coefficient (Wildman–Crippen LogP) is 5.40. The molecule has 2 aromatic rings. The van der Waals surface area contributed by atoms with Crippen LogP contribution in [-0.4, -0.2) is 19.1 Å². The molecule has 0 heterocycles. The van der Waals surface area contributed by atoms with E-state index in [1.54, 1.807) is 0 Å². The first-order valence-corrected chi connectivity index (χ1v) is 9.38. The summed E-state index contributed by atoms with van der Waals surface area (Å²) < 4.78 is 11.4. The molecule has 2 rings (SSSR count). The van der Waals surface area contributed by atoms with Gasteiger partial charge in [0, 0.05) is 5.69 Å². The lowest BCUT2D eigenvalue weighted by molar-refractivity contribution is -0.118. The first kappa shape index (κ1) is 19.8. The minimum Gasteiger partial charge on any atom is -0.494 e. The number of anilines is 1. The molecule has 0 saturated carbocycles. The van der Waals surface area contributed by atoms with E-state index in [2.05, 4.69) is 32.2 Å². The first-order chi connectivity index (χ1) is 12.6. The fourth-order valence-corrected chi connectivity index (χ4v) is 2.55. The van der Waals surface area contributed by atoms with Gasteiger partial charge in [-0.1, -0.05) is 45.4 Å². The second-order valence-electron chi connectivity index (χ2n) is 6.41. The Bertz CT molecular complexity index is 682. The number of hydrogen-bond donors (Lipinski definition) is 1. The van der Waals surface area contributed by atoms with Crippen LogP contribution in [0.15, 0.2) is 48.5 Å². The van der Waals surface area contributed by atoms with Crippen LogP contribution < -0.4 is 14.8 Å². The fourth-order valence-electron chi connectivity index (χ4n) is 2.55. The van der Waals surface area contributed by atoms with E-state index < -0.39 is 0 Å². The molecular weight excluding hydrogens is 326 g/mol. The van der Waals surface area contributed by atoms with Crippen molar-refractivity contribution in [2.75, 3.05) is 18.5 Å². The van der Waals surface area contributed by atoms with Crippen LogP contribution in [0, 0.1) is 0 Å². The van der Waals surface area contributed by atoms with Gasteiger partial charge >= 0.3 is 0 Å². The summed E-state index contributed by atoms with van der Waals surface area (Å²) in [5.74, 6) is 1.81. The number of amides is 1. The highest BCUT2D eigenvalue weighted by molar-refractivity contribution is 5.91. The second kappa shape index (κ2) is 10.5. The SMILES string of the molecule is CCCCOc1ccc(NC(=O)COc2ccccc2[C@@H](C)CC)cc1. The van der Waals surface area contributed by atoms with E-state index in [1.807, 2.05) is 42.5 Å². The molecule has 0 saturated heterocycles. The maximum Gasteiger partial charge on any atom is 0.262 e. The number of benzene rings is 2. The molecule has 0 bridgehead atoms. The summed E-state index contributed by atoms with van der Waals surface area (Å²) in [5, 5.41) is 2.85. The Kier molecular flexibility index (Phi) is 8.00. The zero-order chi connectivity index (χ0) is 18.8. The largest absolute Gasteiger partial charge is 0.494 e. The van der Waals surface area contributed by atoms with E-state index in [-0.39, 0.29) is 12.5 Å². The zero-order valence-corrected chi connectivity index (χ0v) is 16.0. The number of rotatable bonds is 10. The van der Waals surface area contributed by atoms with Crippen LogP contribution >= 0.6 is 0 Å². The molecule has 0 unspecified atom stereocenters. The molecule has 26 heavy (non-hydrogen) atoms. The van der Waals surface area contributed by atoms with E-state index >= 15 is 0 Å². The summed E-state index contributed by atoms with van der Waals surface area (Å²) in [6.45, 7) is 7.13. The minimum absolute atomic E-state index is 0.0117. The van der Waals surface area contributed by atoms with Gasteiger partial charge in [-0.05, 0) is 54.7 Å². The highest BCUT2D eigenvalue weighted by Gasteiger charge is 2.11. The fraction of sp³-hybridized carbons (Fsp3) is 0.409. The monoisotopic (exact) mass is 355 g/mol. The van der Waals surface area contributed by atoms with Gasteiger partial charge in [-0.2, -0.15) is 0 Å². The van der Waals surface area contributed by atoms with E-state index in [4.69, 9.17) is 9.47 Å². The summed E-state index contributed by atoms with van der Waals surface area (Å²) in [4.78, 5) is 12.2. The van der Waals surface area contributed by atoms with Crippen LogP contribution in [0.3, 0.4) is 0 Å². The van der Waals surface area contributed by atoms with Crippen LogP contribution in [-0.2, 0) is 4.79 Å². The maximum absolute atomic E-state index is 12.2. The minimum atomic E-state index is -0.177. The number of nitrogens with one attached hydrogen (secondary N) is 1. The van der Waals surface area contributed by atoms with Crippen molar-refractivity contribution >= 4 is 11.6 Å². The molecule has 1 amide bonds. The second-order valence-corrected chi connectivity index (χ2v) is 6.41. The van der Waals surface area contributed by atoms with E-state index in [0.29, 0.717) is 12.5 Å². The van der Waals surface area contributed by atoms with Gasteiger partial charge in [0.1, 0.15) is 11.5 Å². The molecule has 0 spiro atoms. The van der Waals surface area contributed by atoms with Gasteiger partial charge in [-0.15, -0.1) is 0 Å². The lowest BCUT2D eigenvalue weighted by Crippen LogP contribution is -2.20. The Balaban J connectivity index is 1.86. The Hall–Kier alpha value is -2.49. The molecule has 0 aliphatic carbocycles. The molecule has 140 valence electrons. The van der Waals surface area contributed by atoms with Crippen LogP contribution in [0.4, 0.5) is 5.69 Å². The molecule has 0 radical (unpaired) electrons.